The summed E-state index contributed by atoms with van der Waals surface area (Å²) in [5.74, 6) is 0.364. The summed E-state index contributed by atoms with van der Waals surface area (Å²) in [5, 5.41) is 10.6. The predicted octanol–water partition coefficient (Wildman–Crippen LogP) is 2.68. The lowest BCUT2D eigenvalue weighted by atomic mass is 10.4. The van der Waals surface area contributed by atoms with Crippen molar-refractivity contribution in [2.24, 2.45) is 0 Å². The fourth-order valence-corrected chi connectivity index (χ4v) is 2.12. The molecule has 0 aliphatic rings. The Morgan fingerprint density at radius 3 is 2.89 bits per heavy atom. The molecule has 18 heavy (non-hydrogen) atoms. The highest BCUT2D eigenvalue weighted by Gasteiger charge is 2.08. The minimum absolute atomic E-state index is 0.0876. The molecular weight excluding hydrogens is 254 g/mol. The lowest BCUT2D eigenvalue weighted by Gasteiger charge is -1.96. The van der Waals surface area contributed by atoms with Crippen LogP contribution in [-0.2, 0) is 0 Å². The minimum atomic E-state index is -0.432. The average molecular weight is 263 g/mol. The summed E-state index contributed by atoms with van der Waals surface area (Å²) >= 11 is 1.07. The number of hydrogen-bond acceptors (Lipinski definition) is 5. The number of carbonyl (C=O) groups is 1. The smallest absolute Gasteiger partial charge is 0.274 e. The van der Waals surface area contributed by atoms with Crippen molar-refractivity contribution in [2.75, 3.05) is 0 Å². The minimum Gasteiger partial charge on any atom is -0.274 e. The van der Waals surface area contributed by atoms with E-state index in [1.807, 2.05) is 0 Å². The molecule has 0 bridgehead atoms. The van der Waals surface area contributed by atoms with Crippen LogP contribution in [0.2, 0.25) is 0 Å². The lowest BCUT2D eigenvalue weighted by Crippen LogP contribution is -2.05. The molecule has 0 atom stereocenters. The molecule has 0 spiro atoms. The molecule has 0 aliphatic carbocycles. The van der Waals surface area contributed by atoms with Gasteiger partial charge in [0, 0.05) is 30.3 Å². The van der Waals surface area contributed by atoms with Crippen molar-refractivity contribution in [2.45, 2.75) is 6.92 Å². The van der Waals surface area contributed by atoms with Crippen molar-refractivity contribution in [1.29, 1.82) is 0 Å². The van der Waals surface area contributed by atoms with Gasteiger partial charge in [0.05, 0.1) is 4.92 Å². The number of rotatable bonds is 3. The summed E-state index contributed by atoms with van der Waals surface area (Å²) in [5.41, 5.74) is 0. The predicted molar refractivity (Wildman–Crippen MR) is 68.4 cm³/mol. The van der Waals surface area contributed by atoms with Crippen LogP contribution in [0.3, 0.4) is 0 Å². The maximum atomic E-state index is 11.2. The molecule has 2 aromatic rings. The van der Waals surface area contributed by atoms with Crippen LogP contribution in [-0.4, -0.2) is 20.4 Å². The van der Waals surface area contributed by atoms with Gasteiger partial charge in [0.1, 0.15) is 5.82 Å². The Hall–Kier alpha value is -2.28. The molecular formula is C11H9N3O3S. The first-order chi connectivity index (χ1) is 8.58. The number of carbonyl (C=O) groups excluding carboxylic acids is 1. The van der Waals surface area contributed by atoms with E-state index in [9.17, 15) is 14.9 Å². The molecule has 6 nitrogen and oxygen atoms in total. The molecule has 0 N–H and O–H groups in total. The van der Waals surface area contributed by atoms with Gasteiger partial charge in [-0.15, -0.1) is 0 Å². The first-order valence-corrected chi connectivity index (χ1v) is 5.86. The zero-order valence-corrected chi connectivity index (χ0v) is 10.3. The monoisotopic (exact) mass is 263 g/mol. The van der Waals surface area contributed by atoms with Crippen molar-refractivity contribution in [3.63, 3.8) is 0 Å². The first kappa shape index (κ1) is 12.2. The van der Waals surface area contributed by atoms with Crippen molar-refractivity contribution in [3.8, 4) is 0 Å². The van der Waals surface area contributed by atoms with Gasteiger partial charge in [-0.25, -0.2) is 4.98 Å². The van der Waals surface area contributed by atoms with E-state index in [1.54, 1.807) is 24.4 Å². The molecule has 2 aromatic heterocycles. The Morgan fingerprint density at radius 2 is 2.28 bits per heavy atom. The second-order valence-corrected chi connectivity index (χ2v) is 4.53. The largest absolute Gasteiger partial charge is 0.324 e. The molecule has 0 fully saturated rings. The quantitative estimate of drug-likeness (QED) is 0.630. The number of imidazole rings is 1. The van der Waals surface area contributed by atoms with E-state index in [-0.39, 0.29) is 10.9 Å². The van der Waals surface area contributed by atoms with Gasteiger partial charge >= 0.3 is 5.00 Å². The van der Waals surface area contributed by atoms with Crippen LogP contribution in [0.1, 0.15) is 22.4 Å². The van der Waals surface area contributed by atoms with Crippen LogP contribution in [0.5, 0.6) is 0 Å². The SMILES string of the molecule is CC(=O)n1ccnc1C=Cc1ccc([N+](=O)[O-])s1. The standard InChI is InChI=1S/C11H9N3O3S/c1-8(15)13-7-6-12-10(13)4-2-9-3-5-11(18-9)14(16)17/h2-7H,1H3. The van der Waals surface area contributed by atoms with E-state index in [0.717, 1.165) is 16.2 Å². The van der Waals surface area contributed by atoms with Gasteiger partial charge in [-0.3, -0.25) is 19.5 Å². The van der Waals surface area contributed by atoms with Gasteiger partial charge in [0.25, 0.3) is 0 Å². The van der Waals surface area contributed by atoms with E-state index in [0.29, 0.717) is 5.82 Å². The van der Waals surface area contributed by atoms with Crippen LogP contribution in [0, 0.1) is 10.1 Å². The summed E-state index contributed by atoms with van der Waals surface area (Å²) in [6.07, 6.45) is 6.44. The third-order valence-electron chi connectivity index (χ3n) is 2.20. The molecule has 7 heteroatoms. The van der Waals surface area contributed by atoms with Gasteiger partial charge in [0.2, 0.25) is 5.91 Å². The first-order valence-electron chi connectivity index (χ1n) is 5.04. The summed E-state index contributed by atoms with van der Waals surface area (Å²) in [7, 11) is 0. The summed E-state index contributed by atoms with van der Waals surface area (Å²) < 4.78 is 1.40. The van der Waals surface area contributed by atoms with Gasteiger partial charge in [-0.1, -0.05) is 11.3 Å². The van der Waals surface area contributed by atoms with Crippen LogP contribution >= 0.6 is 11.3 Å². The fourth-order valence-electron chi connectivity index (χ4n) is 1.39. The Labute approximate surface area is 106 Å². The van der Waals surface area contributed by atoms with Crippen LogP contribution in [0.4, 0.5) is 5.00 Å². The molecule has 0 amide bonds. The van der Waals surface area contributed by atoms with Crippen molar-refractivity contribution < 1.29 is 9.72 Å². The number of hydrogen-bond donors (Lipinski definition) is 0. The van der Waals surface area contributed by atoms with Crippen LogP contribution < -0.4 is 0 Å². The highest BCUT2D eigenvalue weighted by atomic mass is 32.1. The molecule has 0 saturated carbocycles. The molecule has 0 aromatic carbocycles. The number of nitrogens with zero attached hydrogens (tertiary/aromatic N) is 3. The van der Waals surface area contributed by atoms with E-state index in [2.05, 4.69) is 4.98 Å². The maximum Gasteiger partial charge on any atom is 0.324 e. The van der Waals surface area contributed by atoms with Crippen LogP contribution in [0.25, 0.3) is 12.2 Å². The fraction of sp³-hybridized carbons (Fsp3) is 0.0909. The molecule has 0 radical (unpaired) electrons. The summed E-state index contributed by atoms with van der Waals surface area (Å²) in [4.78, 5) is 26.1. The Bertz CT molecular complexity index is 627. The molecule has 2 heterocycles. The van der Waals surface area contributed by atoms with E-state index >= 15 is 0 Å². The van der Waals surface area contributed by atoms with E-state index < -0.39 is 4.92 Å². The third kappa shape index (κ3) is 2.51. The van der Waals surface area contributed by atoms with Gasteiger partial charge in [-0.05, 0) is 18.2 Å². The number of nitro groups is 1. The van der Waals surface area contributed by atoms with Crippen molar-refractivity contribution in [1.82, 2.24) is 9.55 Å². The molecule has 0 unspecified atom stereocenters. The van der Waals surface area contributed by atoms with Gasteiger partial charge in [0.15, 0.2) is 0 Å². The Morgan fingerprint density at radius 1 is 1.50 bits per heavy atom. The van der Waals surface area contributed by atoms with Gasteiger partial charge in [-0.2, -0.15) is 0 Å². The maximum absolute atomic E-state index is 11.2. The summed E-state index contributed by atoms with van der Waals surface area (Å²) in [6, 6.07) is 3.10. The molecule has 0 saturated heterocycles. The Balaban J connectivity index is 2.22. The van der Waals surface area contributed by atoms with E-state index in [4.69, 9.17) is 0 Å². The number of thiophene rings is 1. The zero-order chi connectivity index (χ0) is 13.1. The van der Waals surface area contributed by atoms with Crippen molar-refractivity contribution in [3.05, 3.63) is 45.3 Å². The van der Waals surface area contributed by atoms with E-state index in [1.165, 1.54) is 23.8 Å². The molecule has 92 valence electrons. The zero-order valence-electron chi connectivity index (χ0n) is 9.44. The second-order valence-electron chi connectivity index (χ2n) is 3.44. The summed E-state index contributed by atoms with van der Waals surface area (Å²) in [6.45, 7) is 1.44. The highest BCUT2D eigenvalue weighted by Crippen LogP contribution is 2.25. The molecule has 0 aliphatic heterocycles. The van der Waals surface area contributed by atoms with Crippen LogP contribution in [0.15, 0.2) is 24.5 Å². The van der Waals surface area contributed by atoms with Crippen molar-refractivity contribution >= 4 is 34.4 Å². The third-order valence-corrected chi connectivity index (χ3v) is 3.20. The topological polar surface area (TPSA) is 78.0 Å². The van der Waals surface area contributed by atoms with Gasteiger partial charge < -0.3 is 0 Å². The average Bonchev–Trinajstić information content (AvgIpc) is 2.95. The Kier molecular flexibility index (Phi) is 3.33. The highest BCUT2D eigenvalue weighted by molar-refractivity contribution is 7.16. The normalized spacial score (nSPS) is 10.9. The lowest BCUT2D eigenvalue weighted by molar-refractivity contribution is -0.380. The second kappa shape index (κ2) is 4.92. The number of aromatic nitrogens is 2. The molecule has 2 rings (SSSR count).